The molecule has 2 aromatic carbocycles. The molecular formula is C28H27BrN6O4S. The number of thiazole rings is 1. The number of carbonyl (C=O) groups excluding carboxylic acids is 1. The van der Waals surface area contributed by atoms with Gasteiger partial charge in [-0.1, -0.05) is 39.4 Å². The quantitative estimate of drug-likeness (QED) is 0.297. The molecule has 40 heavy (non-hydrogen) atoms. The highest BCUT2D eigenvalue weighted by Crippen LogP contribution is 2.26. The van der Waals surface area contributed by atoms with Gasteiger partial charge in [-0.25, -0.2) is 4.98 Å². The van der Waals surface area contributed by atoms with Crippen molar-refractivity contribution < 1.29 is 9.53 Å². The molecule has 3 aromatic heterocycles. The fraction of sp³-hybridized carbons (Fsp3) is 0.286. The van der Waals surface area contributed by atoms with Gasteiger partial charge in [0.1, 0.15) is 6.54 Å². The molecule has 0 unspecified atom stereocenters. The second-order valence-corrected chi connectivity index (χ2v) is 11.6. The van der Waals surface area contributed by atoms with E-state index in [-0.39, 0.29) is 23.6 Å². The number of nitrogens with one attached hydrogen (secondary N) is 1. The molecule has 206 valence electrons. The number of anilines is 1. The summed E-state index contributed by atoms with van der Waals surface area (Å²) in [6, 6.07) is 16.3. The van der Waals surface area contributed by atoms with Gasteiger partial charge in [0.2, 0.25) is 11.0 Å². The summed E-state index contributed by atoms with van der Waals surface area (Å²) in [5.41, 5.74) is 1.82. The van der Waals surface area contributed by atoms with Crippen LogP contribution in [0, 0.1) is 6.92 Å². The van der Waals surface area contributed by atoms with E-state index < -0.39 is 0 Å². The van der Waals surface area contributed by atoms with Crippen LogP contribution in [0.25, 0.3) is 26.3 Å². The number of aryl methyl sites for hydroxylation is 1. The van der Waals surface area contributed by atoms with Gasteiger partial charge in [0.25, 0.3) is 11.1 Å². The van der Waals surface area contributed by atoms with Gasteiger partial charge in [-0.05, 0) is 43.3 Å². The van der Waals surface area contributed by atoms with Crippen molar-refractivity contribution >= 4 is 60.0 Å². The fourth-order valence-corrected chi connectivity index (χ4v) is 6.29. The SMILES string of the molecule is Cc1c2c(=O)n(-c3nc4ccccc4s3)n(CC(=O)Nc3ccc(Br)cc3)c2cc(=O)n1CCN1CCOCC1. The summed E-state index contributed by atoms with van der Waals surface area (Å²) >= 11 is 4.76. The normalized spacial score (nSPS) is 14.2. The Hall–Kier alpha value is -3.58. The minimum Gasteiger partial charge on any atom is -0.379 e. The molecule has 0 aliphatic carbocycles. The summed E-state index contributed by atoms with van der Waals surface area (Å²) in [5, 5.41) is 3.72. The van der Waals surface area contributed by atoms with Crippen molar-refractivity contribution in [1.29, 1.82) is 0 Å². The van der Waals surface area contributed by atoms with E-state index in [9.17, 15) is 14.4 Å². The summed E-state index contributed by atoms with van der Waals surface area (Å²) in [4.78, 5) is 47.5. The lowest BCUT2D eigenvalue weighted by molar-refractivity contribution is -0.116. The van der Waals surface area contributed by atoms with Crippen LogP contribution in [-0.4, -0.2) is 62.6 Å². The van der Waals surface area contributed by atoms with Gasteiger partial charge in [0.05, 0.1) is 34.3 Å². The van der Waals surface area contributed by atoms with Crippen LogP contribution in [0.5, 0.6) is 0 Å². The number of rotatable bonds is 7. The van der Waals surface area contributed by atoms with Crippen molar-refractivity contribution in [2.75, 3.05) is 38.2 Å². The first-order valence-corrected chi connectivity index (χ1v) is 14.6. The third-order valence-electron chi connectivity index (χ3n) is 7.10. The number of ether oxygens (including phenoxy) is 1. The number of amides is 1. The highest BCUT2D eigenvalue weighted by Gasteiger charge is 2.23. The van der Waals surface area contributed by atoms with Gasteiger partial charge < -0.3 is 14.6 Å². The predicted octanol–water partition coefficient (Wildman–Crippen LogP) is 3.61. The topological polar surface area (TPSA) is 103 Å². The Bertz CT molecular complexity index is 1800. The van der Waals surface area contributed by atoms with Crippen LogP contribution < -0.4 is 16.4 Å². The number of fused-ring (bicyclic) bond motifs is 2. The van der Waals surface area contributed by atoms with Crippen molar-refractivity contribution in [2.45, 2.75) is 20.0 Å². The number of nitrogens with zero attached hydrogens (tertiary/aromatic N) is 5. The molecule has 1 saturated heterocycles. The van der Waals surface area contributed by atoms with E-state index >= 15 is 0 Å². The van der Waals surface area contributed by atoms with Crippen molar-refractivity contribution in [2.24, 2.45) is 0 Å². The van der Waals surface area contributed by atoms with Crippen LogP contribution in [-0.2, 0) is 22.6 Å². The van der Waals surface area contributed by atoms with Crippen LogP contribution in [0.15, 0.2) is 68.7 Å². The monoisotopic (exact) mass is 622 g/mol. The highest BCUT2D eigenvalue weighted by atomic mass is 79.9. The molecule has 1 fully saturated rings. The minimum atomic E-state index is -0.330. The molecule has 1 aliphatic rings. The maximum absolute atomic E-state index is 14.0. The molecule has 1 amide bonds. The zero-order valence-corrected chi connectivity index (χ0v) is 24.2. The Labute approximate surface area is 241 Å². The number of para-hydroxylation sites is 1. The molecule has 0 bridgehead atoms. The average Bonchev–Trinajstić information content (AvgIpc) is 3.48. The lowest BCUT2D eigenvalue weighted by Gasteiger charge is -2.27. The third-order valence-corrected chi connectivity index (χ3v) is 8.64. The van der Waals surface area contributed by atoms with E-state index in [1.165, 1.54) is 22.1 Å². The summed E-state index contributed by atoms with van der Waals surface area (Å²) in [6.07, 6.45) is 0. The van der Waals surface area contributed by atoms with Crippen molar-refractivity contribution in [3.8, 4) is 5.13 Å². The smallest absolute Gasteiger partial charge is 0.283 e. The lowest BCUT2D eigenvalue weighted by Crippen LogP contribution is -2.39. The maximum Gasteiger partial charge on any atom is 0.283 e. The molecule has 6 rings (SSSR count). The van der Waals surface area contributed by atoms with E-state index in [4.69, 9.17) is 9.72 Å². The number of halogens is 1. The Balaban J connectivity index is 1.44. The lowest BCUT2D eigenvalue weighted by atomic mass is 10.2. The second-order valence-electron chi connectivity index (χ2n) is 9.63. The number of pyridine rings is 1. The Kier molecular flexibility index (Phi) is 7.41. The predicted molar refractivity (Wildman–Crippen MR) is 160 cm³/mol. The van der Waals surface area contributed by atoms with E-state index in [0.717, 1.165) is 27.8 Å². The van der Waals surface area contributed by atoms with Gasteiger partial charge in [-0.15, -0.1) is 0 Å². The molecule has 1 N–H and O–H groups in total. The zero-order chi connectivity index (χ0) is 27.8. The largest absolute Gasteiger partial charge is 0.379 e. The second kappa shape index (κ2) is 11.1. The van der Waals surface area contributed by atoms with Crippen LogP contribution >= 0.6 is 27.3 Å². The average molecular weight is 624 g/mol. The molecule has 0 spiro atoms. The van der Waals surface area contributed by atoms with Crippen molar-refractivity contribution in [1.82, 2.24) is 23.8 Å². The Morgan fingerprint density at radius 3 is 2.58 bits per heavy atom. The number of carbonyl (C=O) groups is 1. The molecule has 12 heteroatoms. The summed E-state index contributed by atoms with van der Waals surface area (Å²) in [6.45, 7) is 5.71. The van der Waals surface area contributed by atoms with Crippen LogP contribution in [0.2, 0.25) is 0 Å². The summed E-state index contributed by atoms with van der Waals surface area (Å²) in [7, 11) is 0. The molecule has 5 aromatic rings. The maximum atomic E-state index is 14.0. The minimum absolute atomic E-state index is 0.179. The first-order chi connectivity index (χ1) is 19.4. The zero-order valence-electron chi connectivity index (χ0n) is 21.8. The summed E-state index contributed by atoms with van der Waals surface area (Å²) in [5.74, 6) is -0.330. The van der Waals surface area contributed by atoms with Crippen LogP contribution in [0.3, 0.4) is 0 Å². The first kappa shape index (κ1) is 26.6. The summed E-state index contributed by atoms with van der Waals surface area (Å²) < 4.78 is 11.9. The van der Waals surface area contributed by atoms with E-state index in [2.05, 4.69) is 26.1 Å². The standard InChI is InChI=1S/C28H27BrN6O4S/c1-18-26-22(16-25(37)33(18)11-10-32-12-14-39-15-13-32)34(17-24(36)30-20-8-6-19(29)7-9-20)35(27(26)38)28-31-21-4-2-3-5-23(21)40-28/h2-9,16H,10-15,17H2,1H3,(H,30,36). The van der Waals surface area contributed by atoms with Crippen LogP contribution in [0.4, 0.5) is 5.69 Å². The Morgan fingerprint density at radius 1 is 1.07 bits per heavy atom. The number of hydrogen-bond donors (Lipinski definition) is 1. The van der Waals surface area contributed by atoms with Crippen LogP contribution in [0.1, 0.15) is 5.69 Å². The Morgan fingerprint density at radius 2 is 1.82 bits per heavy atom. The molecule has 1 aliphatic heterocycles. The molecule has 0 saturated carbocycles. The van der Waals surface area contributed by atoms with Crippen molar-refractivity contribution in [3.05, 3.63) is 85.5 Å². The molecule has 0 radical (unpaired) electrons. The molecule has 4 heterocycles. The molecular weight excluding hydrogens is 596 g/mol. The van der Waals surface area contributed by atoms with E-state index in [1.54, 1.807) is 28.3 Å². The highest BCUT2D eigenvalue weighted by molar-refractivity contribution is 9.10. The molecule has 10 nitrogen and oxygen atoms in total. The van der Waals surface area contributed by atoms with Gasteiger partial charge in [-0.2, -0.15) is 4.68 Å². The number of benzene rings is 2. The molecule has 0 atom stereocenters. The van der Waals surface area contributed by atoms with Gasteiger partial charge in [0, 0.05) is 48.1 Å². The fourth-order valence-electron chi connectivity index (χ4n) is 5.05. The number of morpholine rings is 1. The van der Waals surface area contributed by atoms with Gasteiger partial charge >= 0.3 is 0 Å². The van der Waals surface area contributed by atoms with Gasteiger partial charge in [-0.3, -0.25) is 24.0 Å². The van der Waals surface area contributed by atoms with E-state index in [0.29, 0.717) is 53.7 Å². The first-order valence-electron chi connectivity index (χ1n) is 13.0. The number of aromatic nitrogens is 4. The van der Waals surface area contributed by atoms with Crippen molar-refractivity contribution in [3.63, 3.8) is 0 Å². The van der Waals surface area contributed by atoms with Gasteiger partial charge in [0.15, 0.2) is 0 Å². The third kappa shape index (κ3) is 5.15. The van der Waals surface area contributed by atoms with E-state index in [1.807, 2.05) is 36.4 Å². The number of hydrogen-bond acceptors (Lipinski definition) is 7.